The molecule has 14 heavy (non-hydrogen) atoms. The second kappa shape index (κ2) is 3.51. The van der Waals surface area contributed by atoms with Gasteiger partial charge in [0.05, 0.1) is 12.5 Å². The summed E-state index contributed by atoms with van der Waals surface area (Å²) in [5.74, 6) is 0.0333. The third-order valence-electron chi connectivity index (χ3n) is 3.10. The highest BCUT2D eigenvalue weighted by atomic mass is 16.6. The molecule has 2 aliphatic rings. The van der Waals surface area contributed by atoms with Gasteiger partial charge in [0.2, 0.25) is 5.91 Å². The normalized spacial score (nSPS) is 42.9. The van der Waals surface area contributed by atoms with Gasteiger partial charge < -0.3 is 14.8 Å². The summed E-state index contributed by atoms with van der Waals surface area (Å²) in [6, 6.07) is 0. The Labute approximate surface area is 84.0 Å². The molecule has 80 valence electrons. The van der Waals surface area contributed by atoms with Crippen molar-refractivity contribution in [1.29, 1.82) is 0 Å². The van der Waals surface area contributed by atoms with E-state index in [0.717, 1.165) is 19.3 Å². The maximum atomic E-state index is 11.3. The Hall–Kier alpha value is -0.610. The van der Waals surface area contributed by atoms with Crippen molar-refractivity contribution in [3.8, 4) is 0 Å². The molecular weight excluding hydrogens is 182 g/mol. The van der Waals surface area contributed by atoms with Gasteiger partial charge in [0, 0.05) is 7.11 Å². The van der Waals surface area contributed by atoms with Crippen molar-refractivity contribution in [3.05, 3.63) is 0 Å². The van der Waals surface area contributed by atoms with Crippen LogP contribution in [-0.4, -0.2) is 30.9 Å². The van der Waals surface area contributed by atoms with E-state index >= 15 is 0 Å². The lowest BCUT2D eigenvalue weighted by molar-refractivity contribution is -0.184. The van der Waals surface area contributed by atoms with E-state index in [0.29, 0.717) is 6.42 Å². The molecule has 2 unspecified atom stereocenters. The highest BCUT2D eigenvalue weighted by molar-refractivity contribution is 5.80. The van der Waals surface area contributed by atoms with Crippen LogP contribution in [0, 0.1) is 0 Å². The molecule has 2 aliphatic heterocycles. The number of rotatable bonds is 1. The van der Waals surface area contributed by atoms with Gasteiger partial charge in [-0.15, -0.1) is 0 Å². The molecule has 1 N–H and O–H groups in total. The number of ether oxygens (including phenoxy) is 2. The first-order valence-corrected chi connectivity index (χ1v) is 5.18. The largest absolute Gasteiger partial charge is 0.376 e. The Bertz CT molecular complexity index is 244. The number of carbonyl (C=O) groups is 1. The number of hydrogen-bond donors (Lipinski definition) is 1. The van der Waals surface area contributed by atoms with Gasteiger partial charge in [0.15, 0.2) is 5.72 Å². The van der Waals surface area contributed by atoms with Gasteiger partial charge in [-0.3, -0.25) is 4.79 Å². The molecule has 4 nitrogen and oxygen atoms in total. The summed E-state index contributed by atoms with van der Waals surface area (Å²) in [4.78, 5) is 11.3. The lowest BCUT2D eigenvalue weighted by Crippen LogP contribution is -2.55. The van der Waals surface area contributed by atoms with Gasteiger partial charge in [-0.05, 0) is 26.2 Å². The second-order valence-electron chi connectivity index (χ2n) is 4.19. The Balaban J connectivity index is 2.15. The van der Waals surface area contributed by atoms with Gasteiger partial charge >= 0.3 is 0 Å². The molecule has 1 amide bonds. The van der Waals surface area contributed by atoms with Gasteiger partial charge in [0.25, 0.3) is 0 Å². The monoisotopic (exact) mass is 199 g/mol. The fourth-order valence-electron chi connectivity index (χ4n) is 2.43. The van der Waals surface area contributed by atoms with Crippen LogP contribution in [0.15, 0.2) is 0 Å². The first-order valence-electron chi connectivity index (χ1n) is 5.18. The molecule has 1 spiro atoms. The van der Waals surface area contributed by atoms with Crippen molar-refractivity contribution < 1.29 is 14.3 Å². The number of hydrogen-bond acceptors (Lipinski definition) is 3. The molecule has 2 fully saturated rings. The van der Waals surface area contributed by atoms with Crippen LogP contribution in [0.3, 0.4) is 0 Å². The Morgan fingerprint density at radius 2 is 2.43 bits per heavy atom. The lowest BCUT2D eigenvalue weighted by Gasteiger charge is -2.40. The molecule has 0 saturated carbocycles. The fourth-order valence-corrected chi connectivity index (χ4v) is 2.43. The maximum Gasteiger partial charge on any atom is 0.225 e. The van der Waals surface area contributed by atoms with E-state index in [1.807, 2.05) is 6.92 Å². The smallest absolute Gasteiger partial charge is 0.225 e. The number of amides is 1. The molecule has 2 rings (SSSR count). The van der Waals surface area contributed by atoms with Crippen LogP contribution in [0.2, 0.25) is 0 Å². The summed E-state index contributed by atoms with van der Waals surface area (Å²) < 4.78 is 11.2. The number of methoxy groups -OCH3 is 1. The molecule has 2 saturated heterocycles. The minimum atomic E-state index is -0.538. The topological polar surface area (TPSA) is 47.6 Å². The van der Waals surface area contributed by atoms with Gasteiger partial charge in [-0.2, -0.15) is 0 Å². The molecule has 0 aromatic rings. The quantitative estimate of drug-likeness (QED) is 0.679. The zero-order chi connectivity index (χ0) is 10.2. The van der Waals surface area contributed by atoms with E-state index in [2.05, 4.69) is 5.32 Å². The fraction of sp³-hybridized carbons (Fsp3) is 0.900. The predicted molar refractivity (Wildman–Crippen MR) is 50.7 cm³/mol. The summed E-state index contributed by atoms with van der Waals surface area (Å²) in [5.41, 5.74) is -0.538. The second-order valence-corrected chi connectivity index (χ2v) is 4.19. The molecular formula is C10H17NO3. The minimum Gasteiger partial charge on any atom is -0.376 e. The van der Waals surface area contributed by atoms with Crippen molar-refractivity contribution in [1.82, 2.24) is 5.32 Å². The average Bonchev–Trinajstić information content (AvgIpc) is 2.41. The van der Waals surface area contributed by atoms with Gasteiger partial charge in [-0.1, -0.05) is 0 Å². The zero-order valence-corrected chi connectivity index (χ0v) is 8.71. The van der Waals surface area contributed by atoms with Crippen LogP contribution in [0.1, 0.15) is 32.6 Å². The van der Waals surface area contributed by atoms with Crippen LogP contribution >= 0.6 is 0 Å². The Morgan fingerprint density at radius 1 is 1.64 bits per heavy atom. The molecule has 0 aromatic heterocycles. The van der Waals surface area contributed by atoms with E-state index in [1.165, 1.54) is 0 Å². The maximum absolute atomic E-state index is 11.3. The van der Waals surface area contributed by atoms with Crippen LogP contribution in [0.25, 0.3) is 0 Å². The van der Waals surface area contributed by atoms with Crippen LogP contribution < -0.4 is 5.32 Å². The van der Waals surface area contributed by atoms with Gasteiger partial charge in [-0.25, -0.2) is 0 Å². The van der Waals surface area contributed by atoms with E-state index in [-0.39, 0.29) is 18.1 Å². The Kier molecular flexibility index (Phi) is 2.49. The van der Waals surface area contributed by atoms with E-state index in [1.54, 1.807) is 7.11 Å². The number of carbonyl (C=O) groups excluding carboxylic acids is 1. The standard InChI is InChI=1S/C10H17NO3/c1-7-4-3-5-10(14-7)8(13-2)6-9(12)11-10/h7-8H,3-6H2,1-2H3,(H,11,12)/t7?,8?,10-/m1/s1. The third kappa shape index (κ3) is 1.53. The van der Waals surface area contributed by atoms with Crippen LogP contribution in [0.5, 0.6) is 0 Å². The average molecular weight is 199 g/mol. The Morgan fingerprint density at radius 3 is 3.07 bits per heavy atom. The van der Waals surface area contributed by atoms with Gasteiger partial charge in [0.1, 0.15) is 6.10 Å². The number of nitrogens with one attached hydrogen (secondary N) is 1. The zero-order valence-electron chi connectivity index (χ0n) is 8.71. The van der Waals surface area contributed by atoms with E-state index in [9.17, 15) is 4.79 Å². The van der Waals surface area contributed by atoms with Crippen molar-refractivity contribution in [2.75, 3.05) is 7.11 Å². The predicted octanol–water partition coefficient (Wildman–Crippen LogP) is 0.807. The van der Waals surface area contributed by atoms with Crippen molar-refractivity contribution in [2.45, 2.75) is 50.5 Å². The van der Waals surface area contributed by atoms with E-state index in [4.69, 9.17) is 9.47 Å². The van der Waals surface area contributed by atoms with Crippen LogP contribution in [-0.2, 0) is 14.3 Å². The SMILES string of the molecule is COC1CC(=O)N[C@@]12CCCC(C)O2. The summed E-state index contributed by atoms with van der Waals surface area (Å²) in [6.45, 7) is 2.04. The highest BCUT2D eigenvalue weighted by Crippen LogP contribution is 2.35. The molecule has 0 bridgehead atoms. The molecule has 4 heteroatoms. The summed E-state index contributed by atoms with van der Waals surface area (Å²) in [6.07, 6.45) is 3.51. The first-order chi connectivity index (χ1) is 6.66. The van der Waals surface area contributed by atoms with Crippen molar-refractivity contribution in [2.24, 2.45) is 0 Å². The third-order valence-corrected chi connectivity index (χ3v) is 3.10. The summed E-state index contributed by atoms with van der Waals surface area (Å²) in [5, 5.41) is 2.91. The first kappa shape index (κ1) is 9.93. The summed E-state index contributed by atoms with van der Waals surface area (Å²) >= 11 is 0. The van der Waals surface area contributed by atoms with Crippen molar-refractivity contribution >= 4 is 5.91 Å². The minimum absolute atomic E-state index is 0.0333. The molecule has 0 aliphatic carbocycles. The molecule has 0 aromatic carbocycles. The lowest BCUT2D eigenvalue weighted by atomic mass is 9.96. The van der Waals surface area contributed by atoms with Crippen molar-refractivity contribution in [3.63, 3.8) is 0 Å². The molecule has 2 heterocycles. The molecule has 3 atom stereocenters. The summed E-state index contributed by atoms with van der Waals surface area (Å²) in [7, 11) is 1.63. The van der Waals surface area contributed by atoms with Crippen LogP contribution in [0.4, 0.5) is 0 Å². The van der Waals surface area contributed by atoms with E-state index < -0.39 is 5.72 Å². The molecule has 0 radical (unpaired) electrons. The highest BCUT2D eigenvalue weighted by Gasteiger charge is 2.50.